The molecule has 1 aromatic heterocycles. The smallest absolute Gasteiger partial charge is 0.273 e. The summed E-state index contributed by atoms with van der Waals surface area (Å²) < 4.78 is 5.04. The maximum absolute atomic E-state index is 5.04. The third kappa shape index (κ3) is 1.44. The summed E-state index contributed by atoms with van der Waals surface area (Å²) in [5, 5.41) is 6.19. The van der Waals surface area contributed by atoms with Gasteiger partial charge in [-0.2, -0.15) is 0 Å². The molecule has 0 radical (unpaired) electrons. The van der Waals surface area contributed by atoms with Crippen LogP contribution >= 0.6 is 11.3 Å². The highest BCUT2D eigenvalue weighted by Gasteiger charge is 2.19. The van der Waals surface area contributed by atoms with Gasteiger partial charge in [-0.25, -0.2) is 4.98 Å². The lowest BCUT2D eigenvalue weighted by Crippen LogP contribution is -2.08. The average Bonchev–Trinajstić information content (AvgIpc) is 2.75. The van der Waals surface area contributed by atoms with Crippen molar-refractivity contribution in [2.75, 3.05) is 20.2 Å². The molecule has 2 heterocycles. The minimum Gasteiger partial charge on any atom is -0.473 e. The van der Waals surface area contributed by atoms with Gasteiger partial charge in [-0.15, -0.1) is 0 Å². The first-order valence-electron chi connectivity index (χ1n) is 4.10. The molecule has 0 saturated carbocycles. The Morgan fingerprint density at radius 1 is 1.75 bits per heavy atom. The Labute approximate surface area is 75.8 Å². The van der Waals surface area contributed by atoms with Gasteiger partial charge in [-0.1, -0.05) is 11.3 Å². The molecule has 3 nitrogen and oxygen atoms in total. The van der Waals surface area contributed by atoms with Crippen molar-refractivity contribution in [2.24, 2.45) is 0 Å². The molecule has 1 aromatic rings. The lowest BCUT2D eigenvalue weighted by Gasteiger charge is -2.01. The monoisotopic (exact) mass is 184 g/mol. The van der Waals surface area contributed by atoms with Crippen LogP contribution in [0.1, 0.15) is 18.0 Å². The number of nitrogens with zero attached hydrogens (tertiary/aromatic N) is 1. The van der Waals surface area contributed by atoms with E-state index in [0.29, 0.717) is 5.92 Å². The van der Waals surface area contributed by atoms with Crippen molar-refractivity contribution in [3.05, 3.63) is 11.1 Å². The highest BCUT2D eigenvalue weighted by molar-refractivity contribution is 7.11. The zero-order valence-electron chi connectivity index (χ0n) is 7.04. The normalized spacial score (nSPS) is 22.9. The lowest BCUT2D eigenvalue weighted by atomic mass is 10.1. The molecule has 0 aliphatic carbocycles. The summed E-state index contributed by atoms with van der Waals surface area (Å²) in [7, 11) is 1.66. The van der Waals surface area contributed by atoms with Crippen LogP contribution in [0.25, 0.3) is 0 Å². The number of aromatic nitrogens is 1. The van der Waals surface area contributed by atoms with Crippen molar-refractivity contribution >= 4 is 11.3 Å². The van der Waals surface area contributed by atoms with E-state index in [1.165, 1.54) is 12.1 Å². The van der Waals surface area contributed by atoms with E-state index in [2.05, 4.69) is 15.7 Å². The Morgan fingerprint density at radius 3 is 3.25 bits per heavy atom. The van der Waals surface area contributed by atoms with E-state index in [1.807, 2.05) is 0 Å². The van der Waals surface area contributed by atoms with Gasteiger partial charge in [-0.05, 0) is 13.0 Å². The van der Waals surface area contributed by atoms with Crippen molar-refractivity contribution in [3.8, 4) is 5.19 Å². The second-order valence-corrected chi connectivity index (χ2v) is 3.75. The van der Waals surface area contributed by atoms with Gasteiger partial charge in [-0.3, -0.25) is 0 Å². The Balaban J connectivity index is 2.11. The molecular formula is C8H12N2OS. The Bertz CT molecular complexity index is 255. The van der Waals surface area contributed by atoms with Gasteiger partial charge in [0.2, 0.25) is 0 Å². The van der Waals surface area contributed by atoms with Gasteiger partial charge < -0.3 is 10.1 Å². The van der Waals surface area contributed by atoms with Crippen LogP contribution in [-0.4, -0.2) is 25.2 Å². The topological polar surface area (TPSA) is 34.1 Å². The molecular weight excluding hydrogens is 172 g/mol. The maximum Gasteiger partial charge on any atom is 0.273 e. The fraction of sp³-hybridized carbons (Fsp3) is 0.625. The molecule has 0 spiro atoms. The van der Waals surface area contributed by atoms with Crippen molar-refractivity contribution in [3.63, 3.8) is 0 Å². The summed E-state index contributed by atoms with van der Waals surface area (Å²) in [4.78, 5) is 4.37. The molecule has 1 N–H and O–H groups in total. The minimum absolute atomic E-state index is 0.602. The van der Waals surface area contributed by atoms with Crippen molar-refractivity contribution in [1.82, 2.24) is 10.3 Å². The molecule has 2 rings (SSSR count). The summed E-state index contributed by atoms with van der Waals surface area (Å²) in [6, 6.07) is 0. The van der Waals surface area contributed by atoms with Crippen molar-refractivity contribution in [2.45, 2.75) is 12.3 Å². The second kappa shape index (κ2) is 3.41. The summed E-state index contributed by atoms with van der Waals surface area (Å²) in [5.74, 6) is 0.602. The predicted molar refractivity (Wildman–Crippen MR) is 48.9 cm³/mol. The van der Waals surface area contributed by atoms with Crippen LogP contribution in [-0.2, 0) is 0 Å². The van der Waals surface area contributed by atoms with Gasteiger partial charge in [0.25, 0.3) is 5.19 Å². The SMILES string of the molecule is COc1nc(C2CCNC2)cs1. The lowest BCUT2D eigenvalue weighted by molar-refractivity contribution is 0.410. The van der Waals surface area contributed by atoms with E-state index >= 15 is 0 Å². The van der Waals surface area contributed by atoms with Gasteiger partial charge in [0.1, 0.15) is 0 Å². The maximum atomic E-state index is 5.04. The van der Waals surface area contributed by atoms with E-state index < -0.39 is 0 Å². The fourth-order valence-corrected chi connectivity index (χ4v) is 2.18. The largest absolute Gasteiger partial charge is 0.473 e. The Kier molecular flexibility index (Phi) is 2.28. The molecule has 0 bridgehead atoms. The molecule has 1 unspecified atom stereocenters. The van der Waals surface area contributed by atoms with Crippen LogP contribution in [0.5, 0.6) is 5.19 Å². The van der Waals surface area contributed by atoms with Crippen LogP contribution < -0.4 is 10.1 Å². The van der Waals surface area contributed by atoms with Gasteiger partial charge >= 0.3 is 0 Å². The van der Waals surface area contributed by atoms with Crippen LogP contribution in [0.4, 0.5) is 0 Å². The fourth-order valence-electron chi connectivity index (χ4n) is 1.46. The molecule has 1 aliphatic heterocycles. The molecule has 0 aromatic carbocycles. The molecule has 1 aliphatic rings. The van der Waals surface area contributed by atoms with Crippen LogP contribution in [0.2, 0.25) is 0 Å². The number of methoxy groups -OCH3 is 1. The molecule has 1 saturated heterocycles. The number of ether oxygens (including phenoxy) is 1. The molecule has 1 atom stereocenters. The van der Waals surface area contributed by atoms with Crippen molar-refractivity contribution in [1.29, 1.82) is 0 Å². The molecule has 0 amide bonds. The summed E-state index contributed by atoms with van der Waals surface area (Å²) >= 11 is 1.58. The number of nitrogens with one attached hydrogen (secondary N) is 1. The first kappa shape index (κ1) is 8.01. The van der Waals surface area contributed by atoms with Crippen molar-refractivity contribution < 1.29 is 4.74 Å². The van der Waals surface area contributed by atoms with E-state index in [-0.39, 0.29) is 0 Å². The van der Waals surface area contributed by atoms with Crippen LogP contribution in [0, 0.1) is 0 Å². The molecule has 12 heavy (non-hydrogen) atoms. The highest BCUT2D eigenvalue weighted by Crippen LogP contribution is 2.26. The predicted octanol–water partition coefficient (Wildman–Crippen LogP) is 1.23. The van der Waals surface area contributed by atoms with E-state index in [4.69, 9.17) is 4.74 Å². The molecule has 4 heteroatoms. The third-order valence-electron chi connectivity index (χ3n) is 2.15. The number of rotatable bonds is 2. The van der Waals surface area contributed by atoms with E-state index in [0.717, 1.165) is 18.3 Å². The van der Waals surface area contributed by atoms with E-state index in [1.54, 1.807) is 18.4 Å². The number of thiazole rings is 1. The van der Waals surface area contributed by atoms with Gasteiger partial charge in [0.15, 0.2) is 0 Å². The second-order valence-electron chi connectivity index (χ2n) is 2.93. The van der Waals surface area contributed by atoms with Gasteiger partial charge in [0.05, 0.1) is 12.8 Å². The average molecular weight is 184 g/mol. The third-order valence-corrected chi connectivity index (χ3v) is 2.97. The summed E-state index contributed by atoms with van der Waals surface area (Å²) in [6.45, 7) is 2.18. The standard InChI is InChI=1S/C8H12N2OS/c1-11-8-10-7(5-12-8)6-2-3-9-4-6/h5-6,9H,2-4H2,1H3. The zero-order valence-corrected chi connectivity index (χ0v) is 7.86. The molecule has 66 valence electrons. The Morgan fingerprint density at radius 2 is 2.67 bits per heavy atom. The zero-order chi connectivity index (χ0) is 8.39. The summed E-state index contributed by atoms with van der Waals surface area (Å²) in [5.41, 5.74) is 1.18. The quantitative estimate of drug-likeness (QED) is 0.750. The van der Waals surface area contributed by atoms with Gasteiger partial charge in [0, 0.05) is 17.8 Å². The van der Waals surface area contributed by atoms with Crippen LogP contribution in [0.15, 0.2) is 5.38 Å². The van der Waals surface area contributed by atoms with E-state index in [9.17, 15) is 0 Å². The van der Waals surface area contributed by atoms with Crippen LogP contribution in [0.3, 0.4) is 0 Å². The molecule has 1 fully saturated rings. The first-order chi connectivity index (χ1) is 5.90. The number of hydrogen-bond donors (Lipinski definition) is 1. The summed E-state index contributed by atoms with van der Waals surface area (Å²) in [6.07, 6.45) is 1.20. The highest BCUT2D eigenvalue weighted by atomic mass is 32.1. The number of hydrogen-bond acceptors (Lipinski definition) is 4. The minimum atomic E-state index is 0.602. The Hall–Kier alpha value is -0.610. The first-order valence-corrected chi connectivity index (χ1v) is 4.98.